The van der Waals surface area contributed by atoms with Crippen molar-refractivity contribution in [1.82, 2.24) is 14.8 Å². The van der Waals surface area contributed by atoms with E-state index in [0.29, 0.717) is 0 Å². The maximum Gasteiger partial charge on any atom is 0.126 e. The first-order chi connectivity index (χ1) is 6.86. The van der Waals surface area contributed by atoms with Gasteiger partial charge in [-0.05, 0) is 18.2 Å². The lowest BCUT2D eigenvalue weighted by molar-refractivity contribution is 0.720. The minimum absolute atomic E-state index is 0.744. The Morgan fingerprint density at radius 1 is 1.29 bits per heavy atom. The Balaban J connectivity index is 1.99. The molecule has 72 valence electrons. The van der Waals surface area contributed by atoms with E-state index < -0.39 is 0 Å². The molecule has 0 aliphatic rings. The fourth-order valence-electron chi connectivity index (χ4n) is 1.22. The van der Waals surface area contributed by atoms with Crippen molar-refractivity contribution in [2.24, 2.45) is 7.05 Å². The minimum Gasteiger partial charge on any atom is -0.364 e. The average molecular weight is 188 g/mol. The predicted octanol–water partition coefficient (Wildman–Crippen LogP) is 1.43. The number of hydrogen-bond donors (Lipinski definition) is 1. The number of aromatic nitrogens is 3. The predicted molar refractivity (Wildman–Crippen MR) is 54.8 cm³/mol. The van der Waals surface area contributed by atoms with Crippen LogP contribution in [0.15, 0.2) is 36.7 Å². The molecule has 0 amide bonds. The fraction of sp³-hybridized carbons (Fsp3) is 0.200. The molecule has 0 saturated heterocycles. The van der Waals surface area contributed by atoms with Gasteiger partial charge >= 0.3 is 0 Å². The molecule has 0 atom stereocenters. The molecule has 0 aliphatic carbocycles. The Bertz CT molecular complexity index is 394. The topological polar surface area (TPSA) is 42.7 Å². The van der Waals surface area contributed by atoms with Gasteiger partial charge in [-0.25, -0.2) is 4.98 Å². The zero-order valence-corrected chi connectivity index (χ0v) is 8.01. The van der Waals surface area contributed by atoms with E-state index in [2.05, 4.69) is 15.4 Å². The Labute approximate surface area is 82.6 Å². The van der Waals surface area contributed by atoms with Gasteiger partial charge in [0.25, 0.3) is 0 Å². The van der Waals surface area contributed by atoms with Crippen LogP contribution < -0.4 is 5.32 Å². The van der Waals surface area contributed by atoms with Crippen LogP contribution in [-0.4, -0.2) is 14.8 Å². The van der Waals surface area contributed by atoms with E-state index in [1.54, 1.807) is 12.4 Å². The van der Waals surface area contributed by atoms with Crippen LogP contribution >= 0.6 is 0 Å². The maximum atomic E-state index is 4.17. The molecule has 0 unspecified atom stereocenters. The molecule has 0 fully saturated rings. The van der Waals surface area contributed by atoms with Crippen molar-refractivity contribution in [3.63, 3.8) is 0 Å². The number of nitrogens with zero attached hydrogens (tertiary/aromatic N) is 3. The molecule has 0 radical (unpaired) electrons. The van der Waals surface area contributed by atoms with E-state index in [4.69, 9.17) is 0 Å². The standard InChI is InChI=1S/C10H12N4/c1-14-9(5-7-13-14)8-12-10-4-2-3-6-11-10/h2-7H,8H2,1H3,(H,11,12). The first kappa shape index (κ1) is 8.74. The van der Waals surface area contributed by atoms with Crippen molar-refractivity contribution in [1.29, 1.82) is 0 Å². The zero-order valence-electron chi connectivity index (χ0n) is 8.01. The van der Waals surface area contributed by atoms with Crippen molar-refractivity contribution in [3.05, 3.63) is 42.4 Å². The van der Waals surface area contributed by atoms with Crippen LogP contribution in [0.2, 0.25) is 0 Å². The molecule has 2 aromatic heterocycles. The van der Waals surface area contributed by atoms with Gasteiger partial charge in [0, 0.05) is 19.4 Å². The van der Waals surface area contributed by atoms with Gasteiger partial charge < -0.3 is 5.32 Å². The van der Waals surface area contributed by atoms with Crippen LogP contribution in [-0.2, 0) is 13.6 Å². The van der Waals surface area contributed by atoms with Crippen molar-refractivity contribution in [2.75, 3.05) is 5.32 Å². The number of rotatable bonds is 3. The molecular formula is C10H12N4. The van der Waals surface area contributed by atoms with Gasteiger partial charge in [-0.1, -0.05) is 6.07 Å². The molecule has 2 heterocycles. The lowest BCUT2D eigenvalue weighted by Crippen LogP contribution is -2.06. The summed E-state index contributed by atoms with van der Waals surface area (Å²) in [6, 6.07) is 7.78. The summed E-state index contributed by atoms with van der Waals surface area (Å²) in [6.45, 7) is 0.744. The van der Waals surface area contributed by atoms with Gasteiger partial charge in [0.05, 0.1) is 12.2 Å². The third-order valence-electron chi connectivity index (χ3n) is 2.04. The summed E-state index contributed by atoms with van der Waals surface area (Å²) >= 11 is 0. The zero-order chi connectivity index (χ0) is 9.80. The molecule has 4 heteroatoms. The van der Waals surface area contributed by atoms with Crippen molar-refractivity contribution in [3.8, 4) is 0 Å². The summed E-state index contributed by atoms with van der Waals surface area (Å²) in [6.07, 6.45) is 3.56. The summed E-state index contributed by atoms with van der Waals surface area (Å²) in [5.74, 6) is 0.883. The minimum atomic E-state index is 0.744. The van der Waals surface area contributed by atoms with Crippen LogP contribution in [0.5, 0.6) is 0 Å². The highest BCUT2D eigenvalue weighted by Crippen LogP contribution is 2.03. The Hall–Kier alpha value is -1.84. The molecule has 0 spiro atoms. The third kappa shape index (κ3) is 1.90. The van der Waals surface area contributed by atoms with Gasteiger partial charge in [0.2, 0.25) is 0 Å². The fourth-order valence-corrected chi connectivity index (χ4v) is 1.22. The summed E-state index contributed by atoms with van der Waals surface area (Å²) in [5.41, 5.74) is 1.13. The van der Waals surface area contributed by atoms with Crippen molar-refractivity contribution < 1.29 is 0 Å². The maximum absolute atomic E-state index is 4.17. The summed E-state index contributed by atoms with van der Waals surface area (Å²) in [7, 11) is 1.93. The van der Waals surface area contributed by atoms with Crippen LogP contribution in [0, 0.1) is 0 Å². The van der Waals surface area contributed by atoms with Gasteiger partial charge in [0.15, 0.2) is 0 Å². The monoisotopic (exact) mass is 188 g/mol. The molecule has 0 aromatic carbocycles. The smallest absolute Gasteiger partial charge is 0.126 e. The van der Waals surface area contributed by atoms with E-state index in [0.717, 1.165) is 18.1 Å². The average Bonchev–Trinajstić information content (AvgIpc) is 2.63. The van der Waals surface area contributed by atoms with Crippen molar-refractivity contribution in [2.45, 2.75) is 6.54 Å². The quantitative estimate of drug-likeness (QED) is 0.792. The number of aryl methyl sites for hydroxylation is 1. The SMILES string of the molecule is Cn1nccc1CNc1ccccn1. The number of nitrogens with one attached hydrogen (secondary N) is 1. The second kappa shape index (κ2) is 3.91. The first-order valence-corrected chi connectivity index (χ1v) is 4.48. The largest absolute Gasteiger partial charge is 0.364 e. The third-order valence-corrected chi connectivity index (χ3v) is 2.04. The summed E-state index contributed by atoms with van der Waals surface area (Å²) in [5, 5.41) is 7.30. The molecule has 1 N–H and O–H groups in total. The highest BCUT2D eigenvalue weighted by atomic mass is 15.3. The van der Waals surface area contributed by atoms with E-state index in [-0.39, 0.29) is 0 Å². The first-order valence-electron chi connectivity index (χ1n) is 4.48. The van der Waals surface area contributed by atoms with Crippen LogP contribution in [0.4, 0.5) is 5.82 Å². The highest BCUT2D eigenvalue weighted by molar-refractivity contribution is 5.33. The van der Waals surface area contributed by atoms with Crippen LogP contribution in [0.25, 0.3) is 0 Å². The molecule has 14 heavy (non-hydrogen) atoms. The molecule has 0 saturated carbocycles. The number of hydrogen-bond acceptors (Lipinski definition) is 3. The molecule has 0 bridgehead atoms. The molecule has 0 aliphatic heterocycles. The van der Waals surface area contributed by atoms with Crippen molar-refractivity contribution >= 4 is 5.82 Å². The van der Waals surface area contributed by atoms with E-state index in [1.165, 1.54) is 0 Å². The number of anilines is 1. The van der Waals surface area contributed by atoms with Crippen LogP contribution in [0.3, 0.4) is 0 Å². The van der Waals surface area contributed by atoms with Gasteiger partial charge in [-0.15, -0.1) is 0 Å². The lowest BCUT2D eigenvalue weighted by Gasteiger charge is -2.04. The summed E-state index contributed by atoms with van der Waals surface area (Å²) in [4.78, 5) is 4.17. The van der Waals surface area contributed by atoms with Gasteiger partial charge in [-0.2, -0.15) is 5.10 Å². The van der Waals surface area contributed by atoms with E-state index in [1.807, 2.05) is 36.0 Å². The second-order valence-electron chi connectivity index (χ2n) is 3.01. The Kier molecular flexibility index (Phi) is 2.44. The Morgan fingerprint density at radius 2 is 2.21 bits per heavy atom. The van der Waals surface area contributed by atoms with Gasteiger partial charge in [0.1, 0.15) is 5.82 Å². The highest BCUT2D eigenvalue weighted by Gasteiger charge is 1.97. The molecule has 2 aromatic rings. The van der Waals surface area contributed by atoms with E-state index >= 15 is 0 Å². The van der Waals surface area contributed by atoms with Gasteiger partial charge in [-0.3, -0.25) is 4.68 Å². The molecular weight excluding hydrogens is 176 g/mol. The normalized spacial score (nSPS) is 10.1. The molecule has 4 nitrogen and oxygen atoms in total. The Morgan fingerprint density at radius 3 is 2.86 bits per heavy atom. The lowest BCUT2D eigenvalue weighted by atomic mass is 10.4. The van der Waals surface area contributed by atoms with E-state index in [9.17, 15) is 0 Å². The second-order valence-corrected chi connectivity index (χ2v) is 3.01. The van der Waals surface area contributed by atoms with Crippen LogP contribution in [0.1, 0.15) is 5.69 Å². The number of pyridine rings is 1. The summed E-state index contributed by atoms with van der Waals surface area (Å²) < 4.78 is 1.84. The molecule has 2 rings (SSSR count).